The molecule has 0 radical (unpaired) electrons. The zero-order valence-corrected chi connectivity index (χ0v) is 28.5. The lowest BCUT2D eigenvalue weighted by molar-refractivity contribution is -0.164. The van der Waals surface area contributed by atoms with E-state index >= 15 is 0 Å². The molecule has 2 atom stereocenters. The van der Waals surface area contributed by atoms with Crippen molar-refractivity contribution in [1.29, 1.82) is 0 Å². The molecule has 2 rings (SSSR count). The van der Waals surface area contributed by atoms with E-state index in [1.165, 1.54) is 0 Å². The lowest BCUT2D eigenvalue weighted by atomic mass is 9.76. The van der Waals surface area contributed by atoms with Gasteiger partial charge in [-0.1, -0.05) is 44.2 Å². The van der Waals surface area contributed by atoms with Crippen LogP contribution in [0.5, 0.6) is 0 Å². The summed E-state index contributed by atoms with van der Waals surface area (Å²) in [5, 5.41) is 2.81. The van der Waals surface area contributed by atoms with E-state index in [0.29, 0.717) is 11.8 Å². The highest BCUT2D eigenvalue weighted by molar-refractivity contribution is 5.86. The predicted molar refractivity (Wildman–Crippen MR) is 169 cm³/mol. The molecule has 1 unspecified atom stereocenters. The molecule has 1 saturated carbocycles. The molecule has 15 nitrogen and oxygen atoms in total. The largest absolute Gasteiger partial charge is 0.511 e. The minimum absolute atomic E-state index is 0.151. The van der Waals surface area contributed by atoms with Crippen LogP contribution in [0.3, 0.4) is 0 Å². The molecular formula is C34H47NO14. The second-order valence-corrected chi connectivity index (χ2v) is 11.8. The van der Waals surface area contributed by atoms with E-state index in [4.69, 9.17) is 23.7 Å². The maximum absolute atomic E-state index is 13.1. The second kappa shape index (κ2) is 22.0. The minimum Gasteiger partial charge on any atom is -0.469 e. The monoisotopic (exact) mass is 693 g/mol. The number of methoxy groups -OCH3 is 2. The van der Waals surface area contributed by atoms with Gasteiger partial charge in [0.2, 0.25) is 12.7 Å². The number of carbonyl (C=O) groups is 7. The number of carbonyl (C=O) groups excluding carboxylic acids is 7. The highest BCUT2D eigenvalue weighted by atomic mass is 16.8. The van der Waals surface area contributed by atoms with Crippen molar-refractivity contribution in [3.63, 3.8) is 0 Å². The number of amides is 1. The molecule has 1 aromatic carbocycles. The molecular weight excluding hydrogens is 646 g/mol. The Morgan fingerprint density at radius 1 is 0.714 bits per heavy atom. The van der Waals surface area contributed by atoms with Crippen LogP contribution >= 0.6 is 0 Å². The van der Waals surface area contributed by atoms with Gasteiger partial charge in [-0.25, -0.2) is 9.59 Å². The lowest BCUT2D eigenvalue weighted by Crippen LogP contribution is -2.46. The van der Waals surface area contributed by atoms with Crippen LogP contribution < -0.4 is 5.32 Å². The summed E-state index contributed by atoms with van der Waals surface area (Å²) >= 11 is 0. The molecule has 15 heteroatoms. The summed E-state index contributed by atoms with van der Waals surface area (Å²) in [5.41, 5.74) is 0.784. The molecule has 1 N–H and O–H groups in total. The molecule has 1 aliphatic rings. The molecule has 1 fully saturated rings. The first-order valence-corrected chi connectivity index (χ1v) is 16.2. The van der Waals surface area contributed by atoms with Crippen LogP contribution in [0.25, 0.3) is 0 Å². The highest BCUT2D eigenvalue weighted by Crippen LogP contribution is 2.33. The zero-order valence-electron chi connectivity index (χ0n) is 28.5. The van der Waals surface area contributed by atoms with Crippen LogP contribution in [0.4, 0.5) is 4.79 Å². The fourth-order valence-electron chi connectivity index (χ4n) is 5.05. The van der Waals surface area contributed by atoms with E-state index in [0.717, 1.165) is 45.5 Å². The summed E-state index contributed by atoms with van der Waals surface area (Å²) in [5.74, 6) is -3.14. The Kier molecular flexibility index (Phi) is 18.2. The first-order valence-electron chi connectivity index (χ1n) is 16.2. The SMILES string of the molecule is COC(=O)CCC(=O)OCC(COC(=O)OCOC(=O)[C@@H](Cc1ccccc1)NC(=O)C1CCC(C(C)C)CC1)OC(=O)CCC(=O)OC. The smallest absolute Gasteiger partial charge is 0.469 e. The van der Waals surface area contributed by atoms with E-state index in [1.807, 2.05) is 18.2 Å². The van der Waals surface area contributed by atoms with E-state index in [1.54, 1.807) is 12.1 Å². The number of ether oxygens (including phenoxy) is 7. The summed E-state index contributed by atoms with van der Waals surface area (Å²) in [7, 11) is 2.31. The molecule has 49 heavy (non-hydrogen) atoms. The van der Waals surface area contributed by atoms with E-state index in [9.17, 15) is 33.6 Å². The number of benzene rings is 1. The maximum atomic E-state index is 13.1. The van der Waals surface area contributed by atoms with Crippen molar-refractivity contribution in [3.8, 4) is 0 Å². The standard InChI is InChI=1S/C34H47NO14/c1-22(2)24-10-12-25(13-11-24)32(40)35-27(18-23-8-6-5-7-9-23)33(41)47-21-48-34(42)46-20-26(49-31(39)17-15-29(37)44-4)19-45-30(38)16-14-28(36)43-3/h5-9,22,24-27H,10-21H2,1-4H3,(H,35,40)/t24?,25?,26?,27-/m1/s1. The van der Waals surface area contributed by atoms with Crippen LogP contribution in [-0.4, -0.2) is 88.3 Å². The van der Waals surface area contributed by atoms with Gasteiger partial charge in [0.05, 0.1) is 39.9 Å². The summed E-state index contributed by atoms with van der Waals surface area (Å²) in [6.45, 7) is 2.32. The molecule has 0 spiro atoms. The normalized spacial score (nSPS) is 16.7. The van der Waals surface area contributed by atoms with Crippen molar-refractivity contribution in [3.05, 3.63) is 35.9 Å². The topological polar surface area (TPSA) is 196 Å². The van der Waals surface area contributed by atoms with Gasteiger partial charge in [0.25, 0.3) is 0 Å². The van der Waals surface area contributed by atoms with E-state index < -0.39 is 68.2 Å². The number of nitrogens with one attached hydrogen (secondary N) is 1. The molecule has 1 amide bonds. The van der Waals surface area contributed by atoms with Gasteiger partial charge >= 0.3 is 36.0 Å². The maximum Gasteiger partial charge on any atom is 0.511 e. The van der Waals surface area contributed by atoms with Gasteiger partial charge in [-0.2, -0.15) is 0 Å². The third-order valence-corrected chi connectivity index (χ3v) is 7.98. The number of rotatable bonds is 19. The highest BCUT2D eigenvalue weighted by Gasteiger charge is 2.31. The van der Waals surface area contributed by atoms with Crippen LogP contribution in [0.2, 0.25) is 0 Å². The van der Waals surface area contributed by atoms with Gasteiger partial charge in [0.15, 0.2) is 6.10 Å². The molecule has 272 valence electrons. The Labute approximate surface area is 285 Å². The second-order valence-electron chi connectivity index (χ2n) is 11.8. The van der Waals surface area contributed by atoms with Crippen LogP contribution in [0.1, 0.15) is 70.8 Å². The minimum atomic E-state index is -1.30. The Balaban J connectivity index is 1.91. The van der Waals surface area contributed by atoms with Gasteiger partial charge in [-0.3, -0.25) is 24.0 Å². The zero-order chi connectivity index (χ0) is 36.2. The summed E-state index contributed by atoms with van der Waals surface area (Å²) in [6.07, 6.45) is -0.316. The van der Waals surface area contributed by atoms with Gasteiger partial charge in [-0.15, -0.1) is 0 Å². The first-order chi connectivity index (χ1) is 23.4. The van der Waals surface area contributed by atoms with E-state index in [-0.39, 0.29) is 43.9 Å². The van der Waals surface area contributed by atoms with Crippen LogP contribution in [-0.2, 0) is 68.3 Å². The third kappa shape index (κ3) is 16.3. The average Bonchev–Trinajstić information content (AvgIpc) is 3.10. The van der Waals surface area contributed by atoms with Crippen molar-refractivity contribution in [2.45, 2.75) is 83.8 Å². The number of hydrogen-bond donors (Lipinski definition) is 1. The van der Waals surface area contributed by atoms with Crippen molar-refractivity contribution in [2.75, 3.05) is 34.2 Å². The van der Waals surface area contributed by atoms with Crippen LogP contribution in [0, 0.1) is 17.8 Å². The van der Waals surface area contributed by atoms with Gasteiger partial charge in [0.1, 0.15) is 19.3 Å². The molecule has 0 aliphatic heterocycles. The number of esters is 5. The van der Waals surface area contributed by atoms with Crippen molar-refractivity contribution >= 4 is 41.9 Å². The Morgan fingerprint density at radius 2 is 1.29 bits per heavy atom. The van der Waals surface area contributed by atoms with Crippen molar-refractivity contribution in [2.24, 2.45) is 17.8 Å². The van der Waals surface area contributed by atoms with Gasteiger partial charge in [0, 0.05) is 12.3 Å². The first kappa shape index (κ1) is 40.5. The molecule has 0 heterocycles. The summed E-state index contributed by atoms with van der Waals surface area (Å²) < 4.78 is 34.0. The fraction of sp³-hybridized carbons (Fsp3) is 0.618. The summed E-state index contributed by atoms with van der Waals surface area (Å²) in [6, 6.07) is 8.01. The fourth-order valence-corrected chi connectivity index (χ4v) is 5.05. The third-order valence-electron chi connectivity index (χ3n) is 7.98. The van der Waals surface area contributed by atoms with Crippen LogP contribution in [0.15, 0.2) is 30.3 Å². The van der Waals surface area contributed by atoms with Crippen molar-refractivity contribution < 1.29 is 66.7 Å². The lowest BCUT2D eigenvalue weighted by Gasteiger charge is -2.31. The van der Waals surface area contributed by atoms with Crippen molar-refractivity contribution in [1.82, 2.24) is 5.32 Å². The average molecular weight is 694 g/mol. The number of hydrogen-bond acceptors (Lipinski definition) is 14. The Hall–Kier alpha value is -4.69. The molecule has 0 bridgehead atoms. The molecule has 1 aliphatic carbocycles. The summed E-state index contributed by atoms with van der Waals surface area (Å²) in [4.78, 5) is 85.2. The molecule has 1 aromatic rings. The Bertz CT molecular complexity index is 1240. The molecule has 0 saturated heterocycles. The van der Waals surface area contributed by atoms with Gasteiger partial charge < -0.3 is 38.5 Å². The molecule has 0 aromatic heterocycles. The quantitative estimate of drug-likeness (QED) is 0.126. The van der Waals surface area contributed by atoms with E-state index in [2.05, 4.69) is 28.6 Å². The van der Waals surface area contributed by atoms with Gasteiger partial charge in [-0.05, 0) is 43.1 Å². The predicted octanol–water partition coefficient (Wildman–Crippen LogP) is 3.19. The Morgan fingerprint density at radius 3 is 1.88 bits per heavy atom.